The second-order valence-electron chi connectivity index (χ2n) is 6.46. The summed E-state index contributed by atoms with van der Waals surface area (Å²) in [5.74, 6) is 0.799. The Morgan fingerprint density at radius 3 is 2.73 bits per heavy atom. The number of aromatic amines is 1. The number of anilines is 1. The summed E-state index contributed by atoms with van der Waals surface area (Å²) in [4.78, 5) is 8.05. The third-order valence-corrected chi connectivity index (χ3v) is 6.03. The highest BCUT2D eigenvalue weighted by Crippen LogP contribution is 2.29. The molecule has 0 radical (unpaired) electrons. The van der Waals surface area contributed by atoms with Crippen molar-refractivity contribution < 1.29 is 13.2 Å². The lowest BCUT2D eigenvalue weighted by Gasteiger charge is -2.08. The van der Waals surface area contributed by atoms with E-state index >= 15 is 0 Å². The summed E-state index contributed by atoms with van der Waals surface area (Å²) in [5.41, 5.74) is 3.19. The van der Waals surface area contributed by atoms with Gasteiger partial charge in [-0.3, -0.25) is 4.72 Å². The number of rotatable bonds is 5. The molecule has 0 saturated carbocycles. The topological polar surface area (TPSA) is 84.1 Å². The van der Waals surface area contributed by atoms with Crippen LogP contribution in [0.25, 0.3) is 11.0 Å². The Bertz CT molecular complexity index is 1020. The molecule has 1 saturated heterocycles. The lowest BCUT2D eigenvalue weighted by atomic mass is 10.2. The molecule has 1 atom stereocenters. The molecule has 1 unspecified atom stereocenters. The lowest BCUT2D eigenvalue weighted by Crippen LogP contribution is -2.12. The molecular weight excluding hydrogens is 350 g/mol. The maximum absolute atomic E-state index is 12.6. The number of hydrogen-bond donors (Lipinski definition) is 2. The van der Waals surface area contributed by atoms with Crippen molar-refractivity contribution in [2.24, 2.45) is 0 Å². The number of H-pyrrole nitrogens is 1. The van der Waals surface area contributed by atoms with Gasteiger partial charge >= 0.3 is 0 Å². The quantitative estimate of drug-likeness (QED) is 0.715. The van der Waals surface area contributed by atoms with Gasteiger partial charge in [0.05, 0.1) is 21.6 Å². The van der Waals surface area contributed by atoms with Crippen LogP contribution in [0.5, 0.6) is 0 Å². The number of sulfonamides is 1. The fourth-order valence-corrected chi connectivity index (χ4v) is 4.21. The Hall–Kier alpha value is -2.38. The molecule has 2 heterocycles. The van der Waals surface area contributed by atoms with Crippen molar-refractivity contribution in [2.45, 2.75) is 37.2 Å². The Morgan fingerprint density at radius 1 is 1.23 bits per heavy atom. The van der Waals surface area contributed by atoms with E-state index in [1.807, 2.05) is 25.1 Å². The summed E-state index contributed by atoms with van der Waals surface area (Å²) >= 11 is 0. The van der Waals surface area contributed by atoms with Crippen molar-refractivity contribution in [3.05, 3.63) is 53.9 Å². The van der Waals surface area contributed by atoms with Crippen LogP contribution in [0.4, 0.5) is 5.69 Å². The monoisotopic (exact) mass is 371 g/mol. The highest BCUT2D eigenvalue weighted by Gasteiger charge is 2.21. The van der Waals surface area contributed by atoms with Crippen LogP contribution in [-0.2, 0) is 21.2 Å². The zero-order chi connectivity index (χ0) is 18.1. The van der Waals surface area contributed by atoms with Gasteiger partial charge in [0.15, 0.2) is 0 Å². The van der Waals surface area contributed by atoms with E-state index in [1.165, 1.54) is 0 Å². The van der Waals surface area contributed by atoms with E-state index in [-0.39, 0.29) is 11.0 Å². The molecule has 1 fully saturated rings. The molecule has 2 N–H and O–H groups in total. The molecule has 1 aliphatic heterocycles. The largest absolute Gasteiger partial charge is 0.370 e. The van der Waals surface area contributed by atoms with Crippen LogP contribution in [0.15, 0.2) is 47.4 Å². The van der Waals surface area contributed by atoms with Crippen LogP contribution in [0, 0.1) is 0 Å². The smallest absolute Gasteiger partial charge is 0.261 e. The van der Waals surface area contributed by atoms with Gasteiger partial charge in [0.2, 0.25) is 0 Å². The Labute approximate surface area is 152 Å². The minimum atomic E-state index is -3.62. The van der Waals surface area contributed by atoms with Crippen LogP contribution < -0.4 is 4.72 Å². The van der Waals surface area contributed by atoms with Crippen LogP contribution in [0.1, 0.15) is 37.3 Å². The normalized spacial score (nSPS) is 17.7. The number of fused-ring (bicyclic) bond motifs is 1. The van der Waals surface area contributed by atoms with Gasteiger partial charge in [-0.1, -0.05) is 19.1 Å². The summed E-state index contributed by atoms with van der Waals surface area (Å²) in [6, 6.07) is 12.2. The molecular formula is C19H21N3O3S. The molecule has 0 aliphatic carbocycles. The molecule has 3 aromatic rings. The number of nitrogens with zero attached hydrogens (tertiary/aromatic N) is 1. The first-order valence-electron chi connectivity index (χ1n) is 8.78. The van der Waals surface area contributed by atoms with Crippen LogP contribution >= 0.6 is 0 Å². The van der Waals surface area contributed by atoms with Crippen molar-refractivity contribution in [2.75, 3.05) is 11.3 Å². The highest BCUT2D eigenvalue weighted by molar-refractivity contribution is 7.92. The van der Waals surface area contributed by atoms with Gasteiger partial charge in [-0.15, -0.1) is 0 Å². The third kappa shape index (κ3) is 3.32. The number of imidazole rings is 1. The fraction of sp³-hybridized carbons (Fsp3) is 0.316. The van der Waals surface area contributed by atoms with E-state index < -0.39 is 10.0 Å². The molecule has 6 nitrogen and oxygen atoms in total. The SMILES string of the molecule is CCc1ccc(S(=O)(=O)Nc2ccc3nc(C4CCCO4)[nH]c3c2)cc1. The van der Waals surface area contributed by atoms with E-state index in [4.69, 9.17) is 4.74 Å². The van der Waals surface area contributed by atoms with Crippen molar-refractivity contribution in [3.63, 3.8) is 0 Å². The predicted octanol–water partition coefficient (Wildman–Crippen LogP) is 3.78. The van der Waals surface area contributed by atoms with Gasteiger partial charge in [-0.2, -0.15) is 0 Å². The maximum atomic E-state index is 12.6. The first-order valence-corrected chi connectivity index (χ1v) is 10.3. The summed E-state index contributed by atoms with van der Waals surface area (Å²) in [7, 11) is -3.62. The molecule has 4 rings (SSSR count). The Kier molecular flexibility index (Phi) is 4.42. The van der Waals surface area contributed by atoms with Crippen LogP contribution in [0.2, 0.25) is 0 Å². The molecule has 26 heavy (non-hydrogen) atoms. The standard InChI is InChI=1S/C19H21N3O3S/c1-2-13-5-8-15(9-6-13)26(23,24)22-14-7-10-16-17(12-14)21-19(20-16)18-4-3-11-25-18/h5-10,12,18,22H,2-4,11H2,1H3,(H,20,21). The number of hydrogen-bond acceptors (Lipinski definition) is 4. The highest BCUT2D eigenvalue weighted by atomic mass is 32.2. The lowest BCUT2D eigenvalue weighted by molar-refractivity contribution is 0.106. The molecule has 2 aromatic carbocycles. The van der Waals surface area contributed by atoms with E-state index in [0.29, 0.717) is 5.69 Å². The molecule has 0 bridgehead atoms. The van der Waals surface area contributed by atoms with E-state index in [0.717, 1.165) is 48.3 Å². The molecule has 0 spiro atoms. The average Bonchev–Trinajstić information content (AvgIpc) is 3.30. The number of ether oxygens (including phenoxy) is 1. The minimum Gasteiger partial charge on any atom is -0.370 e. The molecule has 7 heteroatoms. The number of aromatic nitrogens is 2. The van der Waals surface area contributed by atoms with Crippen LogP contribution in [-0.4, -0.2) is 25.0 Å². The number of nitrogens with one attached hydrogen (secondary N) is 2. The maximum Gasteiger partial charge on any atom is 0.261 e. The third-order valence-electron chi connectivity index (χ3n) is 4.63. The van der Waals surface area contributed by atoms with Gasteiger partial charge in [-0.05, 0) is 55.2 Å². The first-order chi connectivity index (χ1) is 12.5. The van der Waals surface area contributed by atoms with E-state index in [2.05, 4.69) is 14.7 Å². The van der Waals surface area contributed by atoms with Crippen molar-refractivity contribution >= 4 is 26.7 Å². The van der Waals surface area contributed by atoms with Gasteiger partial charge in [0.25, 0.3) is 10.0 Å². The zero-order valence-corrected chi connectivity index (χ0v) is 15.3. The van der Waals surface area contributed by atoms with Crippen LogP contribution in [0.3, 0.4) is 0 Å². The summed E-state index contributed by atoms with van der Waals surface area (Å²) in [6.45, 7) is 2.79. The van der Waals surface area contributed by atoms with E-state index in [1.54, 1.807) is 24.3 Å². The van der Waals surface area contributed by atoms with Crippen molar-refractivity contribution in [1.82, 2.24) is 9.97 Å². The molecule has 1 aromatic heterocycles. The summed E-state index contributed by atoms with van der Waals surface area (Å²) < 4.78 is 33.5. The zero-order valence-electron chi connectivity index (χ0n) is 14.5. The Balaban J connectivity index is 1.59. The summed E-state index contributed by atoms with van der Waals surface area (Å²) in [6.07, 6.45) is 2.85. The van der Waals surface area contributed by atoms with Gasteiger partial charge in [0.1, 0.15) is 11.9 Å². The molecule has 136 valence electrons. The van der Waals surface area contributed by atoms with Gasteiger partial charge < -0.3 is 9.72 Å². The minimum absolute atomic E-state index is 0.000350. The second-order valence-corrected chi connectivity index (χ2v) is 8.14. The average molecular weight is 371 g/mol. The predicted molar refractivity (Wildman–Crippen MR) is 101 cm³/mol. The van der Waals surface area contributed by atoms with Gasteiger partial charge in [-0.25, -0.2) is 13.4 Å². The van der Waals surface area contributed by atoms with Crippen molar-refractivity contribution in [3.8, 4) is 0 Å². The summed E-state index contributed by atoms with van der Waals surface area (Å²) in [5, 5.41) is 0. The fourth-order valence-electron chi connectivity index (χ4n) is 3.16. The number of benzene rings is 2. The molecule has 0 amide bonds. The first kappa shape index (κ1) is 17.1. The van der Waals surface area contributed by atoms with E-state index in [9.17, 15) is 8.42 Å². The Morgan fingerprint density at radius 2 is 2.04 bits per heavy atom. The van der Waals surface area contributed by atoms with Crippen molar-refractivity contribution in [1.29, 1.82) is 0 Å². The molecule has 1 aliphatic rings. The second kappa shape index (κ2) is 6.74. The number of aryl methyl sites for hydroxylation is 1. The van der Waals surface area contributed by atoms with Gasteiger partial charge in [0, 0.05) is 6.61 Å².